The predicted molar refractivity (Wildman–Crippen MR) is 100 cm³/mol. The minimum absolute atomic E-state index is 0.00888. The van der Waals surface area contributed by atoms with Gasteiger partial charge in [0, 0.05) is 18.5 Å². The molecule has 0 aliphatic carbocycles. The number of carbonyl (C=O) groups is 1. The van der Waals surface area contributed by atoms with Crippen LogP contribution in [-0.2, 0) is 4.79 Å². The van der Waals surface area contributed by atoms with Crippen molar-refractivity contribution in [2.75, 3.05) is 11.4 Å². The molecule has 4 rings (SSSR count). The van der Waals surface area contributed by atoms with Crippen LogP contribution in [0.25, 0.3) is 11.4 Å². The monoisotopic (exact) mass is 367 g/mol. The normalized spacial score (nSPS) is 17.1. The number of hydrogen-bond acceptors (Lipinski definition) is 4. The Morgan fingerprint density at radius 3 is 2.81 bits per heavy atom. The van der Waals surface area contributed by atoms with Gasteiger partial charge >= 0.3 is 0 Å². The number of benzene rings is 2. The highest BCUT2D eigenvalue weighted by molar-refractivity contribution is 6.33. The van der Waals surface area contributed by atoms with Crippen LogP contribution in [0.2, 0.25) is 5.02 Å². The summed E-state index contributed by atoms with van der Waals surface area (Å²) in [6.45, 7) is 4.53. The first kappa shape index (κ1) is 16.8. The van der Waals surface area contributed by atoms with E-state index in [9.17, 15) is 4.79 Å². The second kappa shape index (κ2) is 6.57. The second-order valence-electron chi connectivity index (χ2n) is 6.63. The van der Waals surface area contributed by atoms with Gasteiger partial charge in [-0.2, -0.15) is 4.98 Å². The minimum atomic E-state index is -0.134. The Bertz CT molecular complexity index is 983. The number of anilines is 1. The highest BCUT2D eigenvalue weighted by Crippen LogP contribution is 2.35. The van der Waals surface area contributed by atoms with Gasteiger partial charge in [0.1, 0.15) is 0 Å². The molecule has 1 amide bonds. The molecule has 132 valence electrons. The van der Waals surface area contributed by atoms with Gasteiger partial charge in [-0.25, -0.2) is 0 Å². The molecule has 1 aliphatic heterocycles. The Labute approximate surface area is 156 Å². The highest BCUT2D eigenvalue weighted by atomic mass is 35.5. The van der Waals surface area contributed by atoms with Crippen molar-refractivity contribution in [1.82, 2.24) is 10.1 Å². The SMILES string of the molecule is Cc1ccc(C)c(-c2noc(C3CC(=O)N(c4ccccc4Cl)C3)n2)c1. The topological polar surface area (TPSA) is 59.2 Å². The molecule has 5 nitrogen and oxygen atoms in total. The molecule has 3 aromatic rings. The molecule has 1 atom stereocenters. The maximum absolute atomic E-state index is 12.5. The fourth-order valence-electron chi connectivity index (χ4n) is 3.26. The Kier molecular flexibility index (Phi) is 4.24. The van der Waals surface area contributed by atoms with Gasteiger partial charge in [-0.05, 0) is 37.6 Å². The van der Waals surface area contributed by atoms with Gasteiger partial charge in [-0.3, -0.25) is 4.79 Å². The zero-order chi connectivity index (χ0) is 18.3. The largest absolute Gasteiger partial charge is 0.339 e. The lowest BCUT2D eigenvalue weighted by atomic mass is 10.1. The summed E-state index contributed by atoms with van der Waals surface area (Å²) in [6.07, 6.45) is 0.333. The maximum atomic E-state index is 12.5. The van der Waals surface area contributed by atoms with E-state index in [1.54, 1.807) is 11.0 Å². The third-order valence-electron chi connectivity index (χ3n) is 4.69. The van der Waals surface area contributed by atoms with Gasteiger partial charge in [-0.15, -0.1) is 0 Å². The number of carbonyl (C=O) groups excluding carboxylic acids is 1. The van der Waals surface area contributed by atoms with Crippen molar-refractivity contribution in [2.45, 2.75) is 26.2 Å². The summed E-state index contributed by atoms with van der Waals surface area (Å²) in [5.41, 5.74) is 3.89. The van der Waals surface area contributed by atoms with E-state index in [4.69, 9.17) is 16.1 Å². The van der Waals surface area contributed by atoms with Crippen molar-refractivity contribution >= 4 is 23.2 Å². The Hall–Kier alpha value is -2.66. The van der Waals surface area contributed by atoms with Crippen molar-refractivity contribution in [3.8, 4) is 11.4 Å². The van der Waals surface area contributed by atoms with Crippen LogP contribution in [0.3, 0.4) is 0 Å². The van der Waals surface area contributed by atoms with E-state index in [0.29, 0.717) is 29.7 Å². The number of amides is 1. The smallest absolute Gasteiger partial charge is 0.232 e. The summed E-state index contributed by atoms with van der Waals surface area (Å²) in [4.78, 5) is 18.7. The van der Waals surface area contributed by atoms with Crippen molar-refractivity contribution < 1.29 is 9.32 Å². The quantitative estimate of drug-likeness (QED) is 0.682. The molecule has 0 N–H and O–H groups in total. The molecule has 1 aromatic heterocycles. The van der Waals surface area contributed by atoms with E-state index in [2.05, 4.69) is 16.2 Å². The van der Waals surface area contributed by atoms with Gasteiger partial charge in [0.2, 0.25) is 17.6 Å². The lowest BCUT2D eigenvalue weighted by Crippen LogP contribution is -2.24. The number of nitrogens with zero attached hydrogens (tertiary/aromatic N) is 3. The molecule has 2 aromatic carbocycles. The highest BCUT2D eigenvalue weighted by Gasteiger charge is 2.36. The molecule has 1 unspecified atom stereocenters. The zero-order valence-corrected chi connectivity index (χ0v) is 15.3. The van der Waals surface area contributed by atoms with Crippen LogP contribution in [0.15, 0.2) is 47.0 Å². The zero-order valence-electron chi connectivity index (χ0n) is 14.6. The summed E-state index contributed by atoms with van der Waals surface area (Å²) >= 11 is 6.23. The molecule has 0 bridgehead atoms. The van der Waals surface area contributed by atoms with E-state index in [1.165, 1.54) is 0 Å². The van der Waals surface area contributed by atoms with Gasteiger partial charge in [-0.1, -0.05) is 46.6 Å². The van der Waals surface area contributed by atoms with Gasteiger partial charge in [0.15, 0.2) is 0 Å². The molecule has 1 aliphatic rings. The molecule has 6 heteroatoms. The molecule has 0 spiro atoms. The van der Waals surface area contributed by atoms with Crippen LogP contribution in [0.1, 0.15) is 29.4 Å². The van der Waals surface area contributed by atoms with Gasteiger partial charge < -0.3 is 9.42 Å². The Morgan fingerprint density at radius 2 is 2.00 bits per heavy atom. The van der Waals surface area contributed by atoms with E-state index in [0.717, 1.165) is 22.4 Å². The average Bonchev–Trinajstić information content (AvgIpc) is 3.24. The van der Waals surface area contributed by atoms with Crippen LogP contribution in [0, 0.1) is 13.8 Å². The third kappa shape index (κ3) is 2.99. The molecule has 26 heavy (non-hydrogen) atoms. The number of aryl methyl sites for hydroxylation is 2. The third-order valence-corrected chi connectivity index (χ3v) is 5.01. The lowest BCUT2D eigenvalue weighted by molar-refractivity contribution is -0.117. The lowest BCUT2D eigenvalue weighted by Gasteiger charge is -2.17. The standard InChI is InChI=1S/C20H18ClN3O2/c1-12-7-8-13(2)15(9-12)19-22-20(26-23-19)14-10-18(25)24(11-14)17-6-4-3-5-16(17)21/h3-9,14H,10-11H2,1-2H3. The number of para-hydroxylation sites is 1. The number of halogens is 1. The maximum Gasteiger partial charge on any atom is 0.232 e. The summed E-state index contributed by atoms with van der Waals surface area (Å²) in [5, 5.41) is 4.69. The van der Waals surface area contributed by atoms with Gasteiger partial charge in [0.25, 0.3) is 0 Å². The summed E-state index contributed by atoms with van der Waals surface area (Å²) in [7, 11) is 0. The average molecular weight is 368 g/mol. The fraction of sp³-hybridized carbons (Fsp3) is 0.250. The van der Waals surface area contributed by atoms with Crippen molar-refractivity contribution in [3.05, 3.63) is 64.5 Å². The molecular weight excluding hydrogens is 350 g/mol. The van der Waals surface area contributed by atoms with Crippen molar-refractivity contribution in [1.29, 1.82) is 0 Å². The first-order valence-corrected chi connectivity index (χ1v) is 8.87. The fourth-order valence-corrected chi connectivity index (χ4v) is 3.50. The Balaban J connectivity index is 1.60. The summed E-state index contributed by atoms with van der Waals surface area (Å²) < 4.78 is 5.49. The minimum Gasteiger partial charge on any atom is -0.339 e. The predicted octanol–water partition coefficient (Wildman–Crippen LogP) is 4.53. The van der Waals surface area contributed by atoms with E-state index in [1.807, 2.05) is 44.2 Å². The van der Waals surface area contributed by atoms with Crippen LogP contribution < -0.4 is 4.90 Å². The van der Waals surface area contributed by atoms with Gasteiger partial charge in [0.05, 0.1) is 16.6 Å². The van der Waals surface area contributed by atoms with E-state index in [-0.39, 0.29) is 11.8 Å². The molecular formula is C20H18ClN3O2. The number of hydrogen-bond donors (Lipinski definition) is 0. The molecule has 2 heterocycles. The van der Waals surface area contributed by atoms with Crippen molar-refractivity contribution in [2.24, 2.45) is 0 Å². The molecule has 0 radical (unpaired) electrons. The molecule has 1 saturated heterocycles. The number of rotatable bonds is 3. The summed E-state index contributed by atoms with van der Waals surface area (Å²) in [5.74, 6) is 0.924. The van der Waals surface area contributed by atoms with E-state index >= 15 is 0 Å². The summed E-state index contributed by atoms with van der Waals surface area (Å²) in [6, 6.07) is 13.5. The first-order chi connectivity index (χ1) is 12.5. The van der Waals surface area contributed by atoms with Crippen LogP contribution in [0.4, 0.5) is 5.69 Å². The first-order valence-electron chi connectivity index (χ1n) is 8.49. The van der Waals surface area contributed by atoms with Crippen LogP contribution >= 0.6 is 11.6 Å². The number of aromatic nitrogens is 2. The van der Waals surface area contributed by atoms with Crippen LogP contribution in [-0.4, -0.2) is 22.6 Å². The van der Waals surface area contributed by atoms with E-state index < -0.39 is 0 Å². The molecule has 0 saturated carbocycles. The second-order valence-corrected chi connectivity index (χ2v) is 7.04. The Morgan fingerprint density at radius 1 is 1.19 bits per heavy atom. The van der Waals surface area contributed by atoms with Crippen molar-refractivity contribution in [3.63, 3.8) is 0 Å². The molecule has 1 fully saturated rings. The van der Waals surface area contributed by atoms with Crippen LogP contribution in [0.5, 0.6) is 0 Å².